The summed E-state index contributed by atoms with van der Waals surface area (Å²) in [5, 5.41) is 8.53. The van der Waals surface area contributed by atoms with Crippen LogP contribution in [0.4, 0.5) is 5.69 Å². The van der Waals surface area contributed by atoms with Gasteiger partial charge in [-0.1, -0.05) is 12.1 Å². The molecule has 0 saturated heterocycles. The van der Waals surface area contributed by atoms with Crippen molar-refractivity contribution in [2.24, 2.45) is 0 Å². The van der Waals surface area contributed by atoms with E-state index in [4.69, 9.17) is 19.5 Å². The minimum absolute atomic E-state index is 0.266. The van der Waals surface area contributed by atoms with Crippen molar-refractivity contribution in [2.75, 3.05) is 0 Å². The lowest BCUT2D eigenvalue weighted by Gasteiger charge is -1.92. The molecule has 0 aromatic heterocycles. The van der Waals surface area contributed by atoms with Gasteiger partial charge in [-0.15, -0.1) is 0 Å². The largest absolute Gasteiger partial charge is 0.567 e. The molecule has 5 N–H and O–H groups in total. The van der Waals surface area contributed by atoms with Gasteiger partial charge in [0.05, 0.1) is 0 Å². The van der Waals surface area contributed by atoms with E-state index in [1.165, 1.54) is 6.07 Å². The number of quaternary nitrogens is 1. The second kappa shape index (κ2) is 6.17. The van der Waals surface area contributed by atoms with Crippen LogP contribution in [0.1, 0.15) is 10.4 Å². The summed E-state index contributed by atoms with van der Waals surface area (Å²) in [6.07, 6.45) is 0. The molecule has 0 bridgehead atoms. The van der Waals surface area contributed by atoms with E-state index in [0.29, 0.717) is 5.69 Å². The zero-order valence-electron chi connectivity index (χ0n) is 7.08. The SMILES string of the molecule is O=[P+]([O-])O.[NH3+]c1ccccc1C(=O)O. The Morgan fingerprint density at radius 3 is 2.14 bits per heavy atom. The fourth-order valence-electron chi connectivity index (χ4n) is 0.729. The summed E-state index contributed by atoms with van der Waals surface area (Å²) >= 11 is 0. The first-order valence-electron chi connectivity index (χ1n) is 3.42. The third kappa shape index (κ3) is 5.34. The molecule has 1 rings (SSSR count). The van der Waals surface area contributed by atoms with E-state index in [1.54, 1.807) is 18.2 Å². The van der Waals surface area contributed by atoms with Crippen LogP contribution in [0.15, 0.2) is 24.3 Å². The van der Waals surface area contributed by atoms with Gasteiger partial charge >= 0.3 is 14.2 Å². The average molecular weight is 218 g/mol. The van der Waals surface area contributed by atoms with Crippen LogP contribution in [-0.2, 0) is 4.57 Å². The fraction of sp³-hybridized carbons (Fsp3) is 0. The molecule has 0 aliphatic rings. The smallest absolute Gasteiger partial charge is 0.485 e. The van der Waals surface area contributed by atoms with Gasteiger partial charge in [0.15, 0.2) is 0 Å². The number of carbonyl (C=O) groups is 1. The molecular weight excluding hydrogens is 209 g/mol. The molecule has 0 aliphatic heterocycles. The first kappa shape index (κ1) is 12.7. The van der Waals surface area contributed by atoms with Crippen LogP contribution >= 0.6 is 8.25 Å². The molecular formula is C7H9NO5P+. The van der Waals surface area contributed by atoms with Gasteiger partial charge in [-0.05, 0) is 16.7 Å². The highest BCUT2D eigenvalue weighted by molar-refractivity contribution is 7.29. The summed E-state index contributed by atoms with van der Waals surface area (Å²) in [5.74, 6) is -0.925. The van der Waals surface area contributed by atoms with Gasteiger partial charge < -0.3 is 15.7 Å². The van der Waals surface area contributed by atoms with Crippen LogP contribution in [0.25, 0.3) is 0 Å². The highest BCUT2D eigenvalue weighted by Crippen LogP contribution is 2.07. The predicted molar refractivity (Wildman–Crippen MR) is 45.8 cm³/mol. The number of carboxylic acids is 1. The molecule has 0 aliphatic carbocycles. The zero-order valence-corrected chi connectivity index (χ0v) is 7.98. The van der Waals surface area contributed by atoms with Crippen LogP contribution in [-0.4, -0.2) is 16.0 Å². The maximum Gasteiger partial charge on any atom is 0.485 e. The second-order valence-corrected chi connectivity index (χ2v) is 2.68. The van der Waals surface area contributed by atoms with Gasteiger partial charge in [0.2, 0.25) is 0 Å². The molecule has 76 valence electrons. The van der Waals surface area contributed by atoms with E-state index >= 15 is 0 Å². The molecule has 7 heteroatoms. The molecule has 1 aromatic carbocycles. The number of benzene rings is 1. The summed E-state index contributed by atoms with van der Waals surface area (Å²) in [4.78, 5) is 26.0. The quantitative estimate of drug-likeness (QED) is 0.535. The molecule has 0 amide bonds. The monoisotopic (exact) mass is 218 g/mol. The number of aromatic carboxylic acids is 1. The Balaban J connectivity index is 0.000000364. The first-order chi connectivity index (χ1) is 6.45. The molecule has 6 nitrogen and oxygen atoms in total. The van der Waals surface area contributed by atoms with Crippen LogP contribution in [0.5, 0.6) is 0 Å². The van der Waals surface area contributed by atoms with Crippen molar-refractivity contribution in [3.8, 4) is 0 Å². The van der Waals surface area contributed by atoms with Crippen LogP contribution in [0.3, 0.4) is 0 Å². The minimum Gasteiger partial charge on any atom is -0.567 e. The molecule has 1 unspecified atom stereocenters. The molecule has 14 heavy (non-hydrogen) atoms. The number of hydrogen-bond donors (Lipinski definition) is 3. The van der Waals surface area contributed by atoms with E-state index < -0.39 is 14.2 Å². The Morgan fingerprint density at radius 2 is 1.86 bits per heavy atom. The van der Waals surface area contributed by atoms with Crippen molar-refractivity contribution in [1.29, 1.82) is 0 Å². The normalized spacial score (nSPS) is 9.79. The molecule has 0 saturated carbocycles. The maximum absolute atomic E-state index is 10.4. The van der Waals surface area contributed by atoms with Crippen LogP contribution in [0.2, 0.25) is 0 Å². The first-order valence-corrected chi connectivity index (χ1v) is 4.55. The lowest BCUT2D eigenvalue weighted by molar-refractivity contribution is -0.255. The highest BCUT2D eigenvalue weighted by atomic mass is 31.1. The molecule has 1 atom stereocenters. The van der Waals surface area contributed by atoms with Gasteiger partial charge in [0.25, 0.3) is 0 Å². The van der Waals surface area contributed by atoms with Gasteiger partial charge in [0, 0.05) is 0 Å². The highest BCUT2D eigenvalue weighted by Gasteiger charge is 2.07. The van der Waals surface area contributed by atoms with E-state index in [2.05, 4.69) is 5.73 Å². The van der Waals surface area contributed by atoms with Crippen molar-refractivity contribution in [3.05, 3.63) is 29.8 Å². The summed E-state index contributed by atoms with van der Waals surface area (Å²) in [5.41, 5.74) is 4.38. The van der Waals surface area contributed by atoms with Crippen LogP contribution in [0, 0.1) is 0 Å². The molecule has 0 radical (unpaired) electrons. The molecule has 0 fully saturated rings. The molecule has 0 spiro atoms. The van der Waals surface area contributed by atoms with E-state index in [-0.39, 0.29) is 5.56 Å². The third-order valence-corrected chi connectivity index (χ3v) is 1.25. The zero-order chi connectivity index (χ0) is 11.1. The topological polar surface area (TPSA) is 125 Å². The molecule has 0 heterocycles. The van der Waals surface area contributed by atoms with E-state index in [1.807, 2.05) is 0 Å². The Hall–Kier alpha value is -1.33. The summed E-state index contributed by atoms with van der Waals surface area (Å²) in [6.45, 7) is 0. The Bertz CT molecular complexity index is 337. The van der Waals surface area contributed by atoms with Crippen molar-refractivity contribution in [3.63, 3.8) is 0 Å². The number of carboxylic acid groups (broad SMARTS) is 1. The predicted octanol–water partition coefficient (Wildman–Crippen LogP) is -0.745. The van der Waals surface area contributed by atoms with Gasteiger partial charge in [-0.3, -0.25) is 0 Å². The lowest BCUT2D eigenvalue weighted by atomic mass is 10.2. The Labute approximate surface area is 80.6 Å². The lowest BCUT2D eigenvalue weighted by Crippen LogP contribution is -2.41. The molecule has 1 aromatic rings. The minimum atomic E-state index is -3.12. The van der Waals surface area contributed by atoms with Crippen molar-refractivity contribution in [1.82, 2.24) is 0 Å². The average Bonchev–Trinajstić information content (AvgIpc) is 2.03. The standard InChI is InChI=1S/C7H7NO2.HO3P/c8-6-4-2-1-3-5(6)7(9)10;1-4(2)3/h1-4H,8H2,(H,9,10);(H,1,2,3)/p+1. The number of hydrogen-bond acceptors (Lipinski definition) is 3. The van der Waals surface area contributed by atoms with Gasteiger partial charge in [0.1, 0.15) is 11.3 Å². The van der Waals surface area contributed by atoms with Gasteiger partial charge in [-0.25, -0.2) is 4.79 Å². The van der Waals surface area contributed by atoms with Crippen LogP contribution < -0.4 is 10.6 Å². The Kier molecular flexibility index (Phi) is 5.59. The number of rotatable bonds is 1. The summed E-state index contributed by atoms with van der Waals surface area (Å²) in [7, 11) is -3.12. The second-order valence-electron chi connectivity index (χ2n) is 2.20. The third-order valence-electron chi connectivity index (χ3n) is 1.25. The van der Waals surface area contributed by atoms with Crippen molar-refractivity contribution >= 4 is 19.9 Å². The van der Waals surface area contributed by atoms with Gasteiger partial charge in [-0.2, -0.15) is 4.89 Å². The Morgan fingerprint density at radius 1 is 1.43 bits per heavy atom. The van der Waals surface area contributed by atoms with E-state index in [9.17, 15) is 4.79 Å². The summed E-state index contributed by atoms with van der Waals surface area (Å²) < 4.78 is 8.59. The summed E-state index contributed by atoms with van der Waals surface area (Å²) in [6, 6.07) is 6.64. The van der Waals surface area contributed by atoms with Crippen molar-refractivity contribution < 1.29 is 30.0 Å². The maximum atomic E-state index is 10.4. The van der Waals surface area contributed by atoms with E-state index in [0.717, 1.165) is 0 Å². The van der Waals surface area contributed by atoms with Crippen molar-refractivity contribution in [2.45, 2.75) is 0 Å². The fourth-order valence-corrected chi connectivity index (χ4v) is 0.729.